The second kappa shape index (κ2) is 8.93. The van der Waals surface area contributed by atoms with Gasteiger partial charge in [-0.05, 0) is 18.4 Å². The number of morpholine rings is 1. The molecule has 3 fully saturated rings. The van der Waals surface area contributed by atoms with Gasteiger partial charge in [0.15, 0.2) is 5.13 Å². The number of hydrogen-bond acceptors (Lipinski definition) is 7. The molecule has 1 spiro atoms. The van der Waals surface area contributed by atoms with Crippen molar-refractivity contribution in [2.24, 2.45) is 0 Å². The van der Waals surface area contributed by atoms with Gasteiger partial charge >= 0.3 is 0 Å². The molecule has 3 saturated heterocycles. The summed E-state index contributed by atoms with van der Waals surface area (Å²) in [5, 5.41) is 11.7. The van der Waals surface area contributed by atoms with E-state index < -0.39 is 0 Å². The van der Waals surface area contributed by atoms with E-state index in [0.29, 0.717) is 6.42 Å². The molecule has 6 nitrogen and oxygen atoms in total. The molecule has 0 amide bonds. The first-order chi connectivity index (χ1) is 14.7. The summed E-state index contributed by atoms with van der Waals surface area (Å²) in [6.07, 6.45) is 5.15. The summed E-state index contributed by atoms with van der Waals surface area (Å²) < 4.78 is 12.1. The third kappa shape index (κ3) is 4.55. The van der Waals surface area contributed by atoms with Gasteiger partial charge < -0.3 is 19.5 Å². The number of aliphatic hydroxyl groups excluding tert-OH is 1. The van der Waals surface area contributed by atoms with Crippen LogP contribution in [0.25, 0.3) is 0 Å². The molecule has 0 aliphatic carbocycles. The molecule has 1 aromatic heterocycles. The van der Waals surface area contributed by atoms with Crippen LogP contribution in [0.5, 0.6) is 0 Å². The van der Waals surface area contributed by atoms with E-state index in [1.807, 2.05) is 12.3 Å². The van der Waals surface area contributed by atoms with E-state index in [1.165, 1.54) is 10.4 Å². The van der Waals surface area contributed by atoms with Crippen LogP contribution >= 0.6 is 11.3 Å². The van der Waals surface area contributed by atoms with Gasteiger partial charge in [0.05, 0.1) is 31.0 Å². The highest BCUT2D eigenvalue weighted by molar-refractivity contribution is 7.15. The van der Waals surface area contributed by atoms with Gasteiger partial charge in [0.25, 0.3) is 0 Å². The lowest BCUT2D eigenvalue weighted by atomic mass is 9.81. The first kappa shape index (κ1) is 20.4. The molecule has 0 saturated carbocycles. The largest absolute Gasteiger partial charge is 0.393 e. The molecule has 2 aromatic rings. The van der Waals surface area contributed by atoms with Crippen molar-refractivity contribution in [1.82, 2.24) is 9.88 Å². The van der Waals surface area contributed by atoms with Gasteiger partial charge in [0.1, 0.15) is 0 Å². The molecule has 1 aromatic carbocycles. The number of piperidine rings is 1. The van der Waals surface area contributed by atoms with Crippen LogP contribution in [0, 0.1) is 0 Å². The summed E-state index contributed by atoms with van der Waals surface area (Å²) in [5.74, 6) is 0. The maximum atomic E-state index is 10.6. The third-order valence-corrected chi connectivity index (χ3v) is 7.67. The number of nitrogens with zero attached hydrogens (tertiary/aromatic N) is 3. The summed E-state index contributed by atoms with van der Waals surface area (Å²) in [5.41, 5.74) is 0.986. The van der Waals surface area contributed by atoms with Crippen molar-refractivity contribution in [1.29, 1.82) is 0 Å². The van der Waals surface area contributed by atoms with Crippen LogP contribution in [0.4, 0.5) is 5.13 Å². The zero-order chi connectivity index (χ0) is 20.4. The maximum Gasteiger partial charge on any atom is 0.185 e. The minimum absolute atomic E-state index is 0.000855. The van der Waals surface area contributed by atoms with Crippen molar-refractivity contribution in [3.05, 3.63) is 47.0 Å². The van der Waals surface area contributed by atoms with E-state index in [2.05, 4.69) is 39.0 Å². The second-order valence-electron chi connectivity index (χ2n) is 8.78. The Hall–Kier alpha value is -1.51. The van der Waals surface area contributed by atoms with Gasteiger partial charge in [-0.25, -0.2) is 4.98 Å². The monoisotopic (exact) mass is 429 g/mol. The van der Waals surface area contributed by atoms with Crippen molar-refractivity contribution in [2.75, 3.05) is 44.3 Å². The minimum atomic E-state index is -0.284. The minimum Gasteiger partial charge on any atom is -0.393 e. The van der Waals surface area contributed by atoms with Gasteiger partial charge in [0.2, 0.25) is 0 Å². The summed E-state index contributed by atoms with van der Waals surface area (Å²) >= 11 is 1.80. The molecule has 162 valence electrons. The normalized spacial score (nSPS) is 27.4. The topological polar surface area (TPSA) is 58.1 Å². The first-order valence-electron chi connectivity index (χ1n) is 11.1. The standard InChI is InChI=1S/C23H31N3O3S/c27-19-14-21(18-4-2-1-3-5-18)29-23(15-19)6-8-25(9-7-23)17-20-16-24-22(30-20)26-10-12-28-13-11-26/h1-5,16,19,21,27H,6-15,17H2/t19-,21-/m1/s1. The predicted octanol–water partition coefficient (Wildman–Crippen LogP) is 3.23. The van der Waals surface area contributed by atoms with E-state index in [0.717, 1.165) is 70.3 Å². The van der Waals surface area contributed by atoms with Gasteiger partial charge in [-0.2, -0.15) is 0 Å². The molecule has 2 atom stereocenters. The van der Waals surface area contributed by atoms with Gasteiger partial charge in [-0.1, -0.05) is 30.3 Å². The molecule has 3 aliphatic heterocycles. The van der Waals surface area contributed by atoms with E-state index in [1.54, 1.807) is 11.3 Å². The molecule has 5 rings (SSSR count). The number of aliphatic hydroxyl groups is 1. The number of anilines is 1. The fourth-order valence-corrected chi connectivity index (χ4v) is 5.97. The number of rotatable bonds is 4. The van der Waals surface area contributed by atoms with Crippen LogP contribution in [-0.4, -0.2) is 66.1 Å². The molecule has 1 N–H and O–H groups in total. The molecule has 0 radical (unpaired) electrons. The van der Waals surface area contributed by atoms with Crippen molar-refractivity contribution in [3.8, 4) is 0 Å². The van der Waals surface area contributed by atoms with E-state index in [-0.39, 0.29) is 17.8 Å². The molecule has 3 aliphatic rings. The van der Waals surface area contributed by atoms with E-state index in [9.17, 15) is 5.11 Å². The summed E-state index contributed by atoms with van der Waals surface area (Å²) in [7, 11) is 0. The lowest BCUT2D eigenvalue weighted by Crippen LogP contribution is -2.50. The van der Waals surface area contributed by atoms with E-state index >= 15 is 0 Å². The zero-order valence-electron chi connectivity index (χ0n) is 17.4. The quantitative estimate of drug-likeness (QED) is 0.805. The lowest BCUT2D eigenvalue weighted by Gasteiger charge is -2.48. The Morgan fingerprint density at radius 1 is 1.10 bits per heavy atom. The Balaban J connectivity index is 1.18. The third-order valence-electron chi connectivity index (χ3n) is 6.63. The molecule has 0 unspecified atom stereocenters. The Labute approximate surface area is 182 Å². The van der Waals surface area contributed by atoms with Gasteiger partial charge in [-0.3, -0.25) is 4.90 Å². The Bertz CT molecular complexity index is 816. The lowest BCUT2D eigenvalue weighted by molar-refractivity contribution is -0.184. The Morgan fingerprint density at radius 2 is 1.87 bits per heavy atom. The summed E-state index contributed by atoms with van der Waals surface area (Å²) in [6, 6.07) is 10.4. The highest BCUT2D eigenvalue weighted by atomic mass is 32.1. The highest BCUT2D eigenvalue weighted by Crippen LogP contribution is 2.43. The number of likely N-dealkylation sites (tertiary alicyclic amines) is 1. The number of aromatic nitrogens is 1. The molecule has 7 heteroatoms. The number of benzene rings is 1. The molecule has 30 heavy (non-hydrogen) atoms. The fourth-order valence-electron chi connectivity index (χ4n) is 4.96. The Morgan fingerprint density at radius 3 is 2.63 bits per heavy atom. The van der Waals surface area contributed by atoms with Crippen molar-refractivity contribution in [2.45, 2.75) is 50.0 Å². The van der Waals surface area contributed by atoms with Gasteiger partial charge in [0, 0.05) is 56.6 Å². The number of ether oxygens (including phenoxy) is 2. The molecule has 4 heterocycles. The predicted molar refractivity (Wildman–Crippen MR) is 118 cm³/mol. The van der Waals surface area contributed by atoms with Crippen molar-refractivity contribution in [3.63, 3.8) is 0 Å². The maximum absolute atomic E-state index is 10.6. The molecule has 0 bridgehead atoms. The smallest absolute Gasteiger partial charge is 0.185 e. The average Bonchev–Trinajstić information content (AvgIpc) is 3.25. The van der Waals surface area contributed by atoms with Crippen molar-refractivity contribution >= 4 is 16.5 Å². The molecular weight excluding hydrogens is 398 g/mol. The Kier molecular flexibility index (Phi) is 6.07. The van der Waals surface area contributed by atoms with Gasteiger partial charge in [-0.15, -0.1) is 11.3 Å². The average molecular weight is 430 g/mol. The van der Waals surface area contributed by atoms with Crippen LogP contribution in [0.15, 0.2) is 36.5 Å². The van der Waals surface area contributed by atoms with Crippen LogP contribution in [0.2, 0.25) is 0 Å². The van der Waals surface area contributed by atoms with E-state index in [4.69, 9.17) is 9.47 Å². The first-order valence-corrected chi connectivity index (χ1v) is 11.9. The molecular formula is C23H31N3O3S. The number of thiazole rings is 1. The van der Waals surface area contributed by atoms with Crippen LogP contribution < -0.4 is 4.90 Å². The SMILES string of the molecule is O[C@@H]1C[C@H](c2ccccc2)OC2(CCN(Cc3cnc(N4CCOCC4)s3)CC2)C1. The zero-order valence-corrected chi connectivity index (χ0v) is 18.2. The summed E-state index contributed by atoms with van der Waals surface area (Å²) in [4.78, 5) is 10.8. The number of hydrogen-bond donors (Lipinski definition) is 1. The van der Waals surface area contributed by atoms with Crippen molar-refractivity contribution < 1.29 is 14.6 Å². The van der Waals surface area contributed by atoms with Crippen LogP contribution in [-0.2, 0) is 16.0 Å². The highest BCUT2D eigenvalue weighted by Gasteiger charge is 2.43. The fraction of sp³-hybridized carbons (Fsp3) is 0.609. The second-order valence-corrected chi connectivity index (χ2v) is 9.87. The van der Waals surface area contributed by atoms with Crippen LogP contribution in [0.1, 0.15) is 42.2 Å². The van der Waals surface area contributed by atoms with Crippen LogP contribution in [0.3, 0.4) is 0 Å². The summed E-state index contributed by atoms with van der Waals surface area (Å²) in [6.45, 7) is 6.39.